The number of imidazole rings is 1. The molecule has 0 N–H and O–H groups in total. The number of aryl methyl sites for hydroxylation is 1. The van der Waals surface area contributed by atoms with Gasteiger partial charge in [0.05, 0.1) is 0 Å². The first-order valence-electron chi connectivity index (χ1n) is 5.55. The summed E-state index contributed by atoms with van der Waals surface area (Å²) in [5.74, 6) is 2.12. The van der Waals surface area contributed by atoms with Gasteiger partial charge in [-0.05, 0) is 40.7 Å². The van der Waals surface area contributed by atoms with Crippen LogP contribution in [0.2, 0.25) is 0 Å². The molecule has 90 valence electrons. The van der Waals surface area contributed by atoms with Gasteiger partial charge in [-0.15, -0.1) is 11.8 Å². The topological polar surface area (TPSA) is 17.8 Å². The fourth-order valence-corrected chi connectivity index (χ4v) is 2.88. The summed E-state index contributed by atoms with van der Waals surface area (Å²) in [5, 5.41) is 0. The van der Waals surface area contributed by atoms with E-state index in [1.165, 1.54) is 4.90 Å². The monoisotopic (exact) mass is 310 g/mol. The first kappa shape index (κ1) is 12.7. The van der Waals surface area contributed by atoms with E-state index in [-0.39, 0.29) is 0 Å². The number of thioether (sulfide) groups is 1. The van der Waals surface area contributed by atoms with Crippen LogP contribution in [0.3, 0.4) is 0 Å². The van der Waals surface area contributed by atoms with E-state index in [2.05, 4.69) is 52.1 Å². The van der Waals surface area contributed by atoms with E-state index in [4.69, 9.17) is 0 Å². The summed E-state index contributed by atoms with van der Waals surface area (Å²) in [7, 11) is 2.01. The van der Waals surface area contributed by atoms with Gasteiger partial charge in [-0.1, -0.05) is 19.1 Å². The molecule has 4 heteroatoms. The summed E-state index contributed by atoms with van der Waals surface area (Å²) in [4.78, 5) is 5.87. The number of aromatic nitrogens is 2. The van der Waals surface area contributed by atoms with E-state index < -0.39 is 0 Å². The van der Waals surface area contributed by atoms with Gasteiger partial charge in [0.1, 0.15) is 16.1 Å². The molecule has 2 aromatic rings. The molecule has 0 bridgehead atoms. The summed E-state index contributed by atoms with van der Waals surface area (Å²) in [6.07, 6.45) is 0. The molecular formula is C13H15BrN2S. The highest BCUT2D eigenvalue weighted by Gasteiger charge is 2.11. The maximum atomic E-state index is 4.56. The molecule has 0 spiro atoms. The second-order valence-electron chi connectivity index (χ2n) is 3.81. The summed E-state index contributed by atoms with van der Waals surface area (Å²) >= 11 is 5.44. The first-order chi connectivity index (χ1) is 8.13. The van der Waals surface area contributed by atoms with E-state index in [1.54, 1.807) is 0 Å². The van der Waals surface area contributed by atoms with Crippen LogP contribution >= 0.6 is 27.7 Å². The van der Waals surface area contributed by atoms with Crippen molar-refractivity contribution < 1.29 is 0 Å². The SMILES string of the molecule is CCSc1ccc(-c2nc(C)n(C)c2Br)cc1. The molecule has 0 saturated carbocycles. The Hall–Kier alpha value is -0.740. The van der Waals surface area contributed by atoms with Crippen LogP contribution in [0.1, 0.15) is 12.7 Å². The van der Waals surface area contributed by atoms with E-state index in [0.717, 1.165) is 27.4 Å². The lowest BCUT2D eigenvalue weighted by Gasteiger charge is -2.01. The number of nitrogens with zero attached hydrogens (tertiary/aromatic N) is 2. The van der Waals surface area contributed by atoms with Crippen LogP contribution < -0.4 is 0 Å². The predicted octanol–water partition coefficient (Wildman–Crippen LogP) is 4.27. The number of hydrogen-bond donors (Lipinski definition) is 0. The Kier molecular flexibility index (Phi) is 3.94. The Bertz CT molecular complexity index is 517. The van der Waals surface area contributed by atoms with Crippen LogP contribution in [0.4, 0.5) is 0 Å². The molecule has 0 atom stereocenters. The maximum Gasteiger partial charge on any atom is 0.112 e. The molecule has 0 saturated heterocycles. The molecule has 0 aliphatic carbocycles. The van der Waals surface area contributed by atoms with Crippen molar-refractivity contribution in [1.29, 1.82) is 0 Å². The van der Waals surface area contributed by atoms with Crippen molar-refractivity contribution in [2.24, 2.45) is 7.05 Å². The Labute approximate surface area is 115 Å². The zero-order chi connectivity index (χ0) is 12.4. The fourth-order valence-electron chi connectivity index (χ4n) is 1.64. The lowest BCUT2D eigenvalue weighted by Crippen LogP contribution is -1.90. The first-order valence-corrected chi connectivity index (χ1v) is 7.33. The Morgan fingerprint density at radius 3 is 2.41 bits per heavy atom. The van der Waals surface area contributed by atoms with Crippen molar-refractivity contribution in [2.45, 2.75) is 18.7 Å². The van der Waals surface area contributed by atoms with Crippen molar-refractivity contribution in [3.8, 4) is 11.3 Å². The van der Waals surface area contributed by atoms with Crippen LogP contribution in [0.25, 0.3) is 11.3 Å². The normalized spacial score (nSPS) is 10.8. The second kappa shape index (κ2) is 5.27. The van der Waals surface area contributed by atoms with Gasteiger partial charge in [0.15, 0.2) is 0 Å². The van der Waals surface area contributed by atoms with Crippen molar-refractivity contribution in [3.63, 3.8) is 0 Å². The van der Waals surface area contributed by atoms with E-state index in [9.17, 15) is 0 Å². The molecule has 2 nitrogen and oxygen atoms in total. The predicted molar refractivity (Wildman–Crippen MR) is 77.5 cm³/mol. The minimum Gasteiger partial charge on any atom is -0.326 e. The van der Waals surface area contributed by atoms with E-state index >= 15 is 0 Å². The van der Waals surface area contributed by atoms with E-state index in [1.807, 2.05) is 30.3 Å². The standard InChI is InChI=1S/C13H15BrN2S/c1-4-17-11-7-5-10(6-8-11)12-13(14)16(3)9(2)15-12/h5-8H,4H2,1-3H3. The highest BCUT2D eigenvalue weighted by Crippen LogP contribution is 2.29. The molecular weight excluding hydrogens is 296 g/mol. The van der Waals surface area contributed by atoms with Gasteiger partial charge < -0.3 is 4.57 Å². The third-order valence-electron chi connectivity index (χ3n) is 2.69. The zero-order valence-corrected chi connectivity index (χ0v) is 12.6. The Balaban J connectivity index is 2.36. The highest BCUT2D eigenvalue weighted by atomic mass is 79.9. The van der Waals surface area contributed by atoms with Crippen molar-refractivity contribution in [3.05, 3.63) is 34.7 Å². The minimum atomic E-state index is 1.01. The molecule has 0 aliphatic rings. The van der Waals surface area contributed by atoms with Gasteiger partial charge in [-0.3, -0.25) is 0 Å². The summed E-state index contributed by atoms with van der Waals surface area (Å²) in [6.45, 7) is 4.17. The zero-order valence-electron chi connectivity index (χ0n) is 10.2. The lowest BCUT2D eigenvalue weighted by atomic mass is 10.2. The molecule has 0 radical (unpaired) electrons. The van der Waals surface area contributed by atoms with Crippen molar-refractivity contribution in [1.82, 2.24) is 9.55 Å². The molecule has 17 heavy (non-hydrogen) atoms. The van der Waals surface area contributed by atoms with Crippen LogP contribution in [0.5, 0.6) is 0 Å². The van der Waals surface area contributed by atoms with Crippen molar-refractivity contribution >= 4 is 27.7 Å². The molecule has 0 aliphatic heterocycles. The average Bonchev–Trinajstić information content (AvgIpc) is 2.59. The van der Waals surface area contributed by atoms with Crippen LogP contribution in [-0.4, -0.2) is 15.3 Å². The third kappa shape index (κ3) is 2.58. The second-order valence-corrected chi connectivity index (χ2v) is 5.90. The lowest BCUT2D eigenvalue weighted by molar-refractivity contribution is 0.840. The minimum absolute atomic E-state index is 1.01. The Morgan fingerprint density at radius 1 is 1.29 bits per heavy atom. The number of halogens is 1. The van der Waals surface area contributed by atoms with E-state index in [0.29, 0.717) is 0 Å². The van der Waals surface area contributed by atoms with Crippen LogP contribution in [0.15, 0.2) is 33.8 Å². The molecule has 0 amide bonds. The number of rotatable bonds is 3. The van der Waals surface area contributed by atoms with Crippen LogP contribution in [0, 0.1) is 6.92 Å². The quantitative estimate of drug-likeness (QED) is 0.788. The van der Waals surface area contributed by atoms with Crippen LogP contribution in [-0.2, 0) is 7.05 Å². The third-order valence-corrected chi connectivity index (χ3v) is 4.49. The molecule has 1 aromatic heterocycles. The average molecular weight is 311 g/mol. The van der Waals surface area contributed by atoms with Gasteiger partial charge in [-0.25, -0.2) is 4.98 Å². The summed E-state index contributed by atoms with van der Waals surface area (Å²) in [6, 6.07) is 8.56. The molecule has 0 unspecified atom stereocenters. The van der Waals surface area contributed by atoms with Gasteiger partial charge in [0.25, 0.3) is 0 Å². The highest BCUT2D eigenvalue weighted by molar-refractivity contribution is 9.10. The van der Waals surface area contributed by atoms with Gasteiger partial charge in [0, 0.05) is 17.5 Å². The Morgan fingerprint density at radius 2 is 1.94 bits per heavy atom. The molecule has 0 fully saturated rings. The van der Waals surface area contributed by atoms with Gasteiger partial charge >= 0.3 is 0 Å². The van der Waals surface area contributed by atoms with Crippen molar-refractivity contribution in [2.75, 3.05) is 5.75 Å². The summed E-state index contributed by atoms with van der Waals surface area (Å²) < 4.78 is 3.08. The molecule has 2 rings (SSSR count). The molecule has 1 aromatic carbocycles. The number of hydrogen-bond acceptors (Lipinski definition) is 2. The summed E-state index contributed by atoms with van der Waals surface area (Å²) in [5.41, 5.74) is 2.17. The maximum absolute atomic E-state index is 4.56. The fraction of sp³-hybridized carbons (Fsp3) is 0.308. The smallest absolute Gasteiger partial charge is 0.112 e. The molecule has 1 heterocycles. The van der Waals surface area contributed by atoms with Gasteiger partial charge in [-0.2, -0.15) is 0 Å². The number of benzene rings is 1. The van der Waals surface area contributed by atoms with Gasteiger partial charge in [0.2, 0.25) is 0 Å². The largest absolute Gasteiger partial charge is 0.326 e.